The van der Waals surface area contributed by atoms with Crippen LogP contribution in [0.2, 0.25) is 0 Å². The molecule has 3 N–H and O–H groups in total. The van der Waals surface area contributed by atoms with Gasteiger partial charge in [0.25, 0.3) is 0 Å². The lowest BCUT2D eigenvalue weighted by Gasteiger charge is -2.11. The topological polar surface area (TPSA) is 55.1 Å². The number of anilines is 2. The first kappa shape index (κ1) is 14.1. The molecule has 0 unspecified atom stereocenters. The summed E-state index contributed by atoms with van der Waals surface area (Å²) in [5, 5.41) is 2.90. The Hall–Kier alpha value is -2.29. The zero-order valence-electron chi connectivity index (χ0n) is 11.9. The molecule has 2 aromatic carbocycles. The maximum absolute atomic E-state index is 12.0. The van der Waals surface area contributed by atoms with Crippen molar-refractivity contribution in [2.24, 2.45) is 0 Å². The summed E-state index contributed by atoms with van der Waals surface area (Å²) in [6.07, 6.45) is 1.19. The molecule has 0 radical (unpaired) electrons. The number of rotatable bonds is 4. The summed E-state index contributed by atoms with van der Waals surface area (Å²) in [5.41, 5.74) is 10.6. The second-order valence-corrected chi connectivity index (χ2v) is 5.07. The summed E-state index contributed by atoms with van der Waals surface area (Å²) in [4.78, 5) is 12.0. The molecular weight excluding hydrogens is 248 g/mol. The number of amides is 1. The lowest BCUT2D eigenvalue weighted by atomic mass is 10.1. The van der Waals surface area contributed by atoms with Crippen LogP contribution in [0, 0.1) is 13.8 Å². The van der Waals surface area contributed by atoms with E-state index < -0.39 is 0 Å². The molecule has 0 aliphatic rings. The van der Waals surface area contributed by atoms with Gasteiger partial charge < -0.3 is 11.1 Å². The predicted molar refractivity (Wildman–Crippen MR) is 83.7 cm³/mol. The minimum absolute atomic E-state index is 0.00780. The summed E-state index contributed by atoms with van der Waals surface area (Å²) in [6, 6.07) is 13.9. The SMILES string of the molecule is Cc1ccc(CCC(=O)Nc2c(C)cccc2N)cc1. The van der Waals surface area contributed by atoms with Gasteiger partial charge in [-0.25, -0.2) is 0 Å². The highest BCUT2D eigenvalue weighted by atomic mass is 16.1. The molecule has 3 heteroatoms. The molecule has 0 saturated carbocycles. The third-order valence-corrected chi connectivity index (χ3v) is 3.33. The van der Waals surface area contributed by atoms with Gasteiger partial charge in [0, 0.05) is 6.42 Å². The second kappa shape index (κ2) is 6.24. The number of nitrogens with one attached hydrogen (secondary N) is 1. The standard InChI is InChI=1S/C17H20N2O/c1-12-6-8-14(9-7-12)10-11-16(20)19-17-13(2)4-3-5-15(17)18/h3-9H,10-11,18H2,1-2H3,(H,19,20). The van der Waals surface area contributed by atoms with Crippen molar-refractivity contribution in [3.8, 4) is 0 Å². The largest absolute Gasteiger partial charge is 0.397 e. The maximum atomic E-state index is 12.0. The van der Waals surface area contributed by atoms with Crippen LogP contribution >= 0.6 is 0 Å². The van der Waals surface area contributed by atoms with E-state index in [-0.39, 0.29) is 5.91 Å². The summed E-state index contributed by atoms with van der Waals surface area (Å²) in [7, 11) is 0. The molecule has 0 aliphatic carbocycles. The van der Waals surface area contributed by atoms with Gasteiger partial charge in [0.15, 0.2) is 0 Å². The molecule has 0 heterocycles. The van der Waals surface area contributed by atoms with Crippen molar-refractivity contribution in [1.82, 2.24) is 0 Å². The lowest BCUT2D eigenvalue weighted by molar-refractivity contribution is -0.116. The molecule has 1 amide bonds. The normalized spacial score (nSPS) is 10.3. The Morgan fingerprint density at radius 2 is 1.80 bits per heavy atom. The van der Waals surface area contributed by atoms with Gasteiger partial charge in [-0.05, 0) is 37.5 Å². The van der Waals surface area contributed by atoms with Crippen molar-refractivity contribution in [3.05, 3.63) is 59.2 Å². The van der Waals surface area contributed by atoms with Crippen molar-refractivity contribution in [3.63, 3.8) is 0 Å². The van der Waals surface area contributed by atoms with E-state index in [1.54, 1.807) is 6.07 Å². The summed E-state index contributed by atoms with van der Waals surface area (Å²) in [6.45, 7) is 3.99. The molecule has 0 fully saturated rings. The minimum atomic E-state index is -0.00780. The van der Waals surface area contributed by atoms with Crippen molar-refractivity contribution in [2.45, 2.75) is 26.7 Å². The van der Waals surface area contributed by atoms with Gasteiger partial charge in [0.05, 0.1) is 11.4 Å². The molecule has 2 aromatic rings. The van der Waals surface area contributed by atoms with E-state index in [0.717, 1.165) is 17.7 Å². The Bertz CT molecular complexity index is 583. The van der Waals surface area contributed by atoms with Crippen LogP contribution in [0.5, 0.6) is 0 Å². The number of nitrogens with two attached hydrogens (primary N) is 1. The van der Waals surface area contributed by atoms with Crippen LogP contribution in [0.25, 0.3) is 0 Å². The average Bonchev–Trinajstić information content (AvgIpc) is 2.42. The van der Waals surface area contributed by atoms with Gasteiger partial charge in [0.1, 0.15) is 0 Å². The van der Waals surface area contributed by atoms with Gasteiger partial charge in [-0.3, -0.25) is 4.79 Å². The zero-order valence-corrected chi connectivity index (χ0v) is 11.9. The fraction of sp³-hybridized carbons (Fsp3) is 0.235. The van der Waals surface area contributed by atoms with Gasteiger partial charge in [0.2, 0.25) is 5.91 Å². The summed E-state index contributed by atoms with van der Waals surface area (Å²) >= 11 is 0. The molecule has 0 aliphatic heterocycles. The molecule has 2 rings (SSSR count). The third-order valence-electron chi connectivity index (χ3n) is 3.33. The van der Waals surface area contributed by atoms with E-state index in [4.69, 9.17) is 5.73 Å². The fourth-order valence-electron chi connectivity index (χ4n) is 2.08. The van der Waals surface area contributed by atoms with Crippen molar-refractivity contribution in [2.75, 3.05) is 11.1 Å². The van der Waals surface area contributed by atoms with Crippen molar-refractivity contribution < 1.29 is 4.79 Å². The first-order chi connectivity index (χ1) is 9.56. The average molecular weight is 268 g/mol. The molecule has 0 aromatic heterocycles. The summed E-state index contributed by atoms with van der Waals surface area (Å²) in [5.74, 6) is -0.00780. The van der Waals surface area contributed by atoms with Gasteiger partial charge in [-0.15, -0.1) is 0 Å². The molecule has 0 spiro atoms. The number of aryl methyl sites for hydroxylation is 3. The Morgan fingerprint density at radius 3 is 2.45 bits per heavy atom. The van der Waals surface area contributed by atoms with Crippen molar-refractivity contribution in [1.29, 1.82) is 0 Å². The van der Waals surface area contributed by atoms with Crippen LogP contribution in [-0.2, 0) is 11.2 Å². The van der Waals surface area contributed by atoms with Crippen LogP contribution in [0.15, 0.2) is 42.5 Å². The number of carbonyl (C=O) groups excluding carboxylic acids is 1. The van der Waals surface area contributed by atoms with E-state index in [1.807, 2.05) is 19.1 Å². The van der Waals surface area contributed by atoms with E-state index in [0.29, 0.717) is 12.1 Å². The van der Waals surface area contributed by atoms with Crippen LogP contribution in [0.4, 0.5) is 11.4 Å². The molecule has 104 valence electrons. The highest BCUT2D eigenvalue weighted by molar-refractivity contribution is 5.94. The quantitative estimate of drug-likeness (QED) is 0.834. The Labute approximate surface area is 119 Å². The van der Waals surface area contributed by atoms with E-state index in [9.17, 15) is 4.79 Å². The Morgan fingerprint density at radius 1 is 1.10 bits per heavy atom. The van der Waals surface area contributed by atoms with Gasteiger partial charge in [-0.2, -0.15) is 0 Å². The van der Waals surface area contributed by atoms with Crippen LogP contribution in [-0.4, -0.2) is 5.91 Å². The fourth-order valence-corrected chi connectivity index (χ4v) is 2.08. The first-order valence-corrected chi connectivity index (χ1v) is 6.77. The highest BCUT2D eigenvalue weighted by Gasteiger charge is 2.07. The molecule has 0 atom stereocenters. The van der Waals surface area contributed by atoms with Crippen molar-refractivity contribution >= 4 is 17.3 Å². The molecule has 0 saturated heterocycles. The van der Waals surface area contributed by atoms with E-state index in [1.165, 1.54) is 11.1 Å². The van der Waals surface area contributed by atoms with Gasteiger partial charge in [-0.1, -0.05) is 42.0 Å². The van der Waals surface area contributed by atoms with E-state index in [2.05, 4.69) is 36.5 Å². The third kappa shape index (κ3) is 3.60. The number of nitrogen functional groups attached to an aromatic ring is 1. The zero-order chi connectivity index (χ0) is 14.5. The number of benzene rings is 2. The molecule has 20 heavy (non-hydrogen) atoms. The molecular formula is C17H20N2O. The highest BCUT2D eigenvalue weighted by Crippen LogP contribution is 2.22. The maximum Gasteiger partial charge on any atom is 0.224 e. The predicted octanol–water partition coefficient (Wildman–Crippen LogP) is 3.46. The number of para-hydroxylation sites is 1. The van der Waals surface area contributed by atoms with Crippen LogP contribution < -0.4 is 11.1 Å². The smallest absolute Gasteiger partial charge is 0.224 e. The first-order valence-electron chi connectivity index (χ1n) is 6.77. The monoisotopic (exact) mass is 268 g/mol. The number of carbonyl (C=O) groups is 1. The minimum Gasteiger partial charge on any atom is -0.397 e. The molecule has 0 bridgehead atoms. The lowest BCUT2D eigenvalue weighted by Crippen LogP contribution is -2.14. The number of hydrogen-bond donors (Lipinski definition) is 2. The van der Waals surface area contributed by atoms with Crippen LogP contribution in [0.3, 0.4) is 0 Å². The second-order valence-electron chi connectivity index (χ2n) is 5.07. The Balaban J connectivity index is 1.94. The van der Waals surface area contributed by atoms with E-state index >= 15 is 0 Å². The Kier molecular flexibility index (Phi) is 4.41. The number of hydrogen-bond acceptors (Lipinski definition) is 2. The molecule has 3 nitrogen and oxygen atoms in total. The van der Waals surface area contributed by atoms with Crippen LogP contribution in [0.1, 0.15) is 23.1 Å². The van der Waals surface area contributed by atoms with Gasteiger partial charge >= 0.3 is 0 Å². The summed E-state index contributed by atoms with van der Waals surface area (Å²) < 4.78 is 0.